The molecule has 2 heterocycles. The van der Waals surface area contributed by atoms with Crippen LogP contribution in [0.4, 0.5) is 0 Å². The first-order valence-electron chi connectivity index (χ1n) is 8.49. The van der Waals surface area contributed by atoms with Crippen LogP contribution in [0.15, 0.2) is 60.8 Å². The lowest BCUT2D eigenvalue weighted by Gasteiger charge is -2.24. The molecule has 0 saturated carbocycles. The average Bonchev–Trinajstić information content (AvgIpc) is 2.99. The van der Waals surface area contributed by atoms with E-state index in [1.807, 2.05) is 13.8 Å². The molecule has 23 heavy (non-hydrogen) atoms. The molecular weight excluding hydrogens is 280 g/mol. The first kappa shape index (κ1) is 17.3. The van der Waals surface area contributed by atoms with Gasteiger partial charge in [-0.2, -0.15) is 0 Å². The van der Waals surface area contributed by atoms with E-state index < -0.39 is 0 Å². The first-order valence-corrected chi connectivity index (χ1v) is 8.49. The molecule has 0 saturated heterocycles. The molecule has 2 aromatic carbocycles. The summed E-state index contributed by atoms with van der Waals surface area (Å²) < 4.78 is 2.12. The van der Waals surface area contributed by atoms with Gasteiger partial charge in [-0.3, -0.25) is 0 Å². The number of nitrogens with zero attached hydrogens (tertiary/aromatic N) is 2. The van der Waals surface area contributed by atoms with Crippen LogP contribution >= 0.6 is 0 Å². The van der Waals surface area contributed by atoms with Crippen LogP contribution in [0.2, 0.25) is 0 Å². The van der Waals surface area contributed by atoms with Crippen LogP contribution in [0.5, 0.6) is 0 Å². The van der Waals surface area contributed by atoms with Gasteiger partial charge >= 0.3 is 0 Å². The molecule has 0 atom stereocenters. The summed E-state index contributed by atoms with van der Waals surface area (Å²) in [5.41, 5.74) is 4.33. The third-order valence-electron chi connectivity index (χ3n) is 4.12. The van der Waals surface area contributed by atoms with Gasteiger partial charge in [0.2, 0.25) is 0 Å². The minimum Gasteiger partial charge on any atom is -0.351 e. The Hall–Kier alpha value is -2.06. The van der Waals surface area contributed by atoms with Crippen LogP contribution in [-0.2, 0) is 20.0 Å². The monoisotopic (exact) mass is 308 g/mol. The van der Waals surface area contributed by atoms with Crippen LogP contribution in [0.3, 0.4) is 0 Å². The summed E-state index contributed by atoms with van der Waals surface area (Å²) in [6.07, 6.45) is 3.29. The molecule has 0 spiro atoms. The number of para-hydroxylation sites is 1. The molecule has 1 aromatic heterocycles. The van der Waals surface area contributed by atoms with Crippen molar-refractivity contribution in [1.82, 2.24) is 9.47 Å². The molecule has 4 rings (SSSR count). The predicted molar refractivity (Wildman–Crippen MR) is 101 cm³/mol. The van der Waals surface area contributed by atoms with E-state index in [9.17, 15) is 0 Å². The van der Waals surface area contributed by atoms with Crippen molar-refractivity contribution in [2.45, 2.75) is 26.8 Å². The normalized spacial score (nSPS) is 13.4. The maximum atomic E-state index is 2.36. The number of aromatic nitrogens is 1. The molecule has 3 aromatic rings. The molecule has 1 aliphatic heterocycles. The lowest BCUT2D eigenvalue weighted by Crippen LogP contribution is -2.26. The second-order valence-electron chi connectivity index (χ2n) is 5.74. The highest BCUT2D eigenvalue weighted by Gasteiger charge is 2.10. The Morgan fingerprint density at radius 2 is 1.43 bits per heavy atom. The Bertz CT molecular complexity index is 727. The van der Waals surface area contributed by atoms with Crippen molar-refractivity contribution < 1.29 is 0 Å². The number of likely N-dealkylation sites (N-methyl/N-ethyl adjacent to an activating group) is 1. The lowest BCUT2D eigenvalue weighted by atomic mass is 10.0. The van der Waals surface area contributed by atoms with Crippen molar-refractivity contribution >= 4 is 10.9 Å². The Balaban J connectivity index is 0.000000152. The third kappa shape index (κ3) is 4.46. The van der Waals surface area contributed by atoms with E-state index in [4.69, 9.17) is 0 Å². The fraction of sp³-hybridized carbons (Fsp3) is 0.333. The number of rotatable bonds is 0. The molecule has 0 radical (unpaired) electrons. The zero-order valence-electron chi connectivity index (χ0n) is 14.8. The van der Waals surface area contributed by atoms with Gasteiger partial charge in [0, 0.05) is 31.9 Å². The summed E-state index contributed by atoms with van der Waals surface area (Å²) in [5, 5.41) is 1.31. The molecule has 1 aliphatic rings. The van der Waals surface area contributed by atoms with Gasteiger partial charge in [-0.15, -0.1) is 0 Å². The molecule has 2 heteroatoms. The highest BCUT2D eigenvalue weighted by molar-refractivity contribution is 5.79. The number of aryl methyl sites for hydroxylation is 1. The summed E-state index contributed by atoms with van der Waals surface area (Å²) in [5.74, 6) is 0. The molecule has 0 fully saturated rings. The third-order valence-corrected chi connectivity index (χ3v) is 4.12. The molecule has 0 bridgehead atoms. The van der Waals surface area contributed by atoms with E-state index in [2.05, 4.69) is 84.4 Å². The number of hydrogen-bond acceptors (Lipinski definition) is 1. The van der Waals surface area contributed by atoms with Crippen LogP contribution < -0.4 is 0 Å². The molecule has 0 aliphatic carbocycles. The SMILES string of the molecule is CC.CN1CCc2ccccc2C1.Cn1ccc2ccccc21. The van der Waals surface area contributed by atoms with Gasteiger partial charge in [-0.1, -0.05) is 56.3 Å². The molecule has 2 nitrogen and oxygen atoms in total. The predicted octanol–water partition coefficient (Wildman–Crippen LogP) is 4.88. The smallest absolute Gasteiger partial charge is 0.0477 e. The van der Waals surface area contributed by atoms with E-state index in [0.29, 0.717) is 0 Å². The van der Waals surface area contributed by atoms with Crippen molar-refractivity contribution in [1.29, 1.82) is 0 Å². The first-order chi connectivity index (χ1) is 11.2. The maximum Gasteiger partial charge on any atom is 0.0477 e. The summed E-state index contributed by atoms with van der Waals surface area (Å²) in [4.78, 5) is 2.36. The van der Waals surface area contributed by atoms with Crippen molar-refractivity contribution in [3.8, 4) is 0 Å². The lowest BCUT2D eigenvalue weighted by molar-refractivity contribution is 0.313. The van der Waals surface area contributed by atoms with Gasteiger partial charge in [0.1, 0.15) is 0 Å². The Morgan fingerprint density at radius 1 is 0.783 bits per heavy atom. The van der Waals surface area contributed by atoms with Crippen molar-refractivity contribution in [3.63, 3.8) is 0 Å². The maximum absolute atomic E-state index is 2.36. The molecule has 122 valence electrons. The van der Waals surface area contributed by atoms with Crippen molar-refractivity contribution in [2.24, 2.45) is 7.05 Å². The standard InChI is InChI=1S/C10H13N.C9H9N.C2H6/c1-11-7-6-9-4-2-3-5-10(9)8-11;1-10-7-6-8-4-2-3-5-9(8)10;1-2/h2-5H,6-8H2,1H3;2-7H,1H3;1-2H3. The zero-order valence-corrected chi connectivity index (χ0v) is 14.8. The largest absolute Gasteiger partial charge is 0.351 e. The fourth-order valence-electron chi connectivity index (χ4n) is 2.86. The molecule has 0 N–H and O–H groups in total. The molecule has 0 unspecified atom stereocenters. The van der Waals surface area contributed by atoms with Crippen molar-refractivity contribution in [3.05, 3.63) is 71.9 Å². The fourth-order valence-corrected chi connectivity index (χ4v) is 2.86. The van der Waals surface area contributed by atoms with Crippen LogP contribution in [-0.4, -0.2) is 23.1 Å². The minimum atomic E-state index is 1.12. The molecule has 0 amide bonds. The second-order valence-corrected chi connectivity index (χ2v) is 5.74. The topological polar surface area (TPSA) is 8.17 Å². The Morgan fingerprint density at radius 3 is 2.17 bits per heavy atom. The van der Waals surface area contributed by atoms with Gasteiger partial charge in [-0.05, 0) is 42.1 Å². The summed E-state index contributed by atoms with van der Waals surface area (Å²) in [6.45, 7) is 6.33. The van der Waals surface area contributed by atoms with Crippen LogP contribution in [0.1, 0.15) is 25.0 Å². The quantitative estimate of drug-likeness (QED) is 0.574. The average molecular weight is 308 g/mol. The van der Waals surface area contributed by atoms with Crippen LogP contribution in [0, 0.1) is 0 Å². The van der Waals surface area contributed by atoms with Crippen LogP contribution in [0.25, 0.3) is 10.9 Å². The van der Waals surface area contributed by atoms with Gasteiger partial charge in [-0.25, -0.2) is 0 Å². The highest BCUT2D eigenvalue weighted by Crippen LogP contribution is 2.16. The Labute approximate surface area is 140 Å². The van der Waals surface area contributed by atoms with E-state index in [1.54, 1.807) is 0 Å². The number of fused-ring (bicyclic) bond motifs is 2. The van der Waals surface area contributed by atoms with E-state index in [1.165, 1.54) is 35.0 Å². The second kappa shape index (κ2) is 8.54. The van der Waals surface area contributed by atoms with Crippen molar-refractivity contribution in [2.75, 3.05) is 13.6 Å². The van der Waals surface area contributed by atoms with E-state index >= 15 is 0 Å². The number of hydrogen-bond donors (Lipinski definition) is 0. The van der Waals surface area contributed by atoms with E-state index in [0.717, 1.165) is 6.54 Å². The van der Waals surface area contributed by atoms with Gasteiger partial charge in [0.25, 0.3) is 0 Å². The minimum absolute atomic E-state index is 1.12. The van der Waals surface area contributed by atoms with E-state index in [-0.39, 0.29) is 0 Å². The highest BCUT2D eigenvalue weighted by atomic mass is 15.1. The summed E-state index contributed by atoms with van der Waals surface area (Å²) in [6, 6.07) is 19.2. The van der Waals surface area contributed by atoms with Gasteiger partial charge < -0.3 is 9.47 Å². The summed E-state index contributed by atoms with van der Waals surface area (Å²) >= 11 is 0. The van der Waals surface area contributed by atoms with Gasteiger partial charge in [0.05, 0.1) is 0 Å². The summed E-state index contributed by atoms with van der Waals surface area (Å²) in [7, 11) is 4.23. The number of benzene rings is 2. The zero-order chi connectivity index (χ0) is 16.7. The van der Waals surface area contributed by atoms with Gasteiger partial charge in [0.15, 0.2) is 0 Å². The molecular formula is C21H28N2. The Kier molecular flexibility index (Phi) is 6.42.